The number of benzene rings is 2. The smallest absolute Gasteiger partial charge is 0.232 e. The summed E-state index contributed by atoms with van der Waals surface area (Å²) < 4.78 is 51.8. The first-order chi connectivity index (χ1) is 15.2. The summed E-state index contributed by atoms with van der Waals surface area (Å²) in [6.45, 7) is 3.54. The van der Waals surface area contributed by atoms with Crippen molar-refractivity contribution in [3.8, 4) is 0 Å². The van der Waals surface area contributed by atoms with Crippen molar-refractivity contribution >= 4 is 21.6 Å². The third-order valence-electron chi connectivity index (χ3n) is 5.44. The molecule has 2 aromatic rings. The SMILES string of the molecule is CS(=O)(=O)N(CCCC(=O)NCc1cccc(CN2CCCC2)c1)c1ccc(F)c(F)c1. The highest BCUT2D eigenvalue weighted by molar-refractivity contribution is 7.92. The maximum atomic E-state index is 13.5. The van der Waals surface area contributed by atoms with Crippen molar-refractivity contribution < 1.29 is 22.0 Å². The molecule has 0 aromatic heterocycles. The van der Waals surface area contributed by atoms with Crippen molar-refractivity contribution in [3.05, 3.63) is 65.2 Å². The normalized spacial score (nSPS) is 14.5. The van der Waals surface area contributed by atoms with Crippen LogP contribution < -0.4 is 9.62 Å². The largest absolute Gasteiger partial charge is 0.352 e. The van der Waals surface area contributed by atoms with Crippen LogP contribution in [0.3, 0.4) is 0 Å². The van der Waals surface area contributed by atoms with E-state index < -0.39 is 21.7 Å². The molecule has 3 rings (SSSR count). The Morgan fingerprint density at radius 3 is 2.47 bits per heavy atom. The van der Waals surface area contributed by atoms with Crippen LogP contribution in [-0.4, -0.2) is 45.1 Å². The van der Waals surface area contributed by atoms with Crippen LogP contribution in [0.1, 0.15) is 36.8 Å². The van der Waals surface area contributed by atoms with Crippen molar-refractivity contribution in [2.45, 2.75) is 38.8 Å². The summed E-state index contributed by atoms with van der Waals surface area (Å²) in [5, 5.41) is 2.86. The van der Waals surface area contributed by atoms with E-state index in [0.29, 0.717) is 6.54 Å². The topological polar surface area (TPSA) is 69.7 Å². The Bertz CT molecular complexity index is 1040. The predicted octanol–water partition coefficient (Wildman–Crippen LogP) is 3.42. The zero-order valence-electron chi connectivity index (χ0n) is 18.2. The highest BCUT2D eigenvalue weighted by Crippen LogP contribution is 2.21. The number of nitrogens with zero attached hydrogens (tertiary/aromatic N) is 2. The quantitative estimate of drug-likeness (QED) is 0.584. The lowest BCUT2D eigenvalue weighted by Gasteiger charge is -2.22. The van der Waals surface area contributed by atoms with Gasteiger partial charge in [-0.15, -0.1) is 0 Å². The van der Waals surface area contributed by atoms with Gasteiger partial charge in [0.25, 0.3) is 0 Å². The Balaban J connectivity index is 1.49. The first-order valence-electron chi connectivity index (χ1n) is 10.7. The standard InChI is InChI=1S/C23H29F2N3O3S/c1-32(30,31)28(20-9-10-21(24)22(25)15-20)13-5-8-23(29)26-16-18-6-4-7-19(14-18)17-27-11-2-3-12-27/h4,6-7,9-10,14-15H,2-3,5,8,11-13,16-17H2,1H3,(H,26,29). The van der Waals surface area contributed by atoms with E-state index in [4.69, 9.17) is 0 Å². The molecule has 174 valence electrons. The summed E-state index contributed by atoms with van der Waals surface area (Å²) in [6.07, 6.45) is 3.82. The number of sulfonamides is 1. The molecule has 0 spiro atoms. The van der Waals surface area contributed by atoms with E-state index in [1.54, 1.807) is 0 Å². The van der Waals surface area contributed by atoms with Crippen LogP contribution in [-0.2, 0) is 27.9 Å². The van der Waals surface area contributed by atoms with E-state index in [0.717, 1.165) is 47.9 Å². The van der Waals surface area contributed by atoms with Gasteiger partial charge in [0.15, 0.2) is 11.6 Å². The van der Waals surface area contributed by atoms with Crippen molar-refractivity contribution in [2.24, 2.45) is 0 Å². The number of halogens is 2. The van der Waals surface area contributed by atoms with Gasteiger partial charge in [0.2, 0.25) is 15.9 Å². The number of nitrogens with one attached hydrogen (secondary N) is 1. The number of carbonyl (C=O) groups excluding carboxylic acids is 1. The first-order valence-corrected chi connectivity index (χ1v) is 12.6. The second-order valence-corrected chi connectivity index (χ2v) is 10.0. The van der Waals surface area contributed by atoms with Crippen molar-refractivity contribution in [3.63, 3.8) is 0 Å². The molecule has 32 heavy (non-hydrogen) atoms. The van der Waals surface area contributed by atoms with Gasteiger partial charge in [-0.05, 0) is 55.6 Å². The second kappa shape index (κ2) is 10.9. The molecule has 0 saturated carbocycles. The monoisotopic (exact) mass is 465 g/mol. The van der Waals surface area contributed by atoms with Crippen molar-refractivity contribution in [2.75, 3.05) is 30.2 Å². The molecular formula is C23H29F2N3O3S. The molecule has 1 N–H and O–H groups in total. The molecule has 1 fully saturated rings. The summed E-state index contributed by atoms with van der Waals surface area (Å²) >= 11 is 0. The zero-order valence-corrected chi connectivity index (χ0v) is 19.0. The molecule has 0 bridgehead atoms. The van der Waals surface area contributed by atoms with Gasteiger partial charge in [-0.1, -0.05) is 24.3 Å². The minimum absolute atomic E-state index is 0.0113. The second-order valence-electron chi connectivity index (χ2n) is 8.12. The van der Waals surface area contributed by atoms with Crippen LogP contribution in [0, 0.1) is 11.6 Å². The fraction of sp³-hybridized carbons (Fsp3) is 0.435. The van der Waals surface area contributed by atoms with E-state index in [1.807, 2.05) is 12.1 Å². The first kappa shape index (κ1) is 24.1. The average Bonchev–Trinajstić information content (AvgIpc) is 3.24. The maximum Gasteiger partial charge on any atom is 0.232 e. The molecule has 1 aliphatic heterocycles. The predicted molar refractivity (Wildman–Crippen MR) is 121 cm³/mol. The molecular weight excluding hydrogens is 436 g/mol. The third-order valence-corrected chi connectivity index (χ3v) is 6.64. The van der Waals surface area contributed by atoms with Crippen LogP contribution in [0.5, 0.6) is 0 Å². The third kappa shape index (κ3) is 7.00. The van der Waals surface area contributed by atoms with Gasteiger partial charge in [0.1, 0.15) is 0 Å². The lowest BCUT2D eigenvalue weighted by Crippen LogP contribution is -2.32. The maximum absolute atomic E-state index is 13.5. The summed E-state index contributed by atoms with van der Waals surface area (Å²) in [4.78, 5) is 14.7. The van der Waals surface area contributed by atoms with Gasteiger partial charge in [-0.3, -0.25) is 14.0 Å². The molecule has 1 heterocycles. The number of amides is 1. The highest BCUT2D eigenvalue weighted by atomic mass is 32.2. The zero-order chi connectivity index (χ0) is 23.1. The van der Waals surface area contributed by atoms with Crippen LogP contribution in [0.15, 0.2) is 42.5 Å². The number of rotatable bonds is 10. The van der Waals surface area contributed by atoms with E-state index in [1.165, 1.54) is 24.5 Å². The number of hydrogen-bond acceptors (Lipinski definition) is 4. The molecule has 0 unspecified atom stereocenters. The lowest BCUT2D eigenvalue weighted by molar-refractivity contribution is -0.121. The van der Waals surface area contributed by atoms with E-state index in [9.17, 15) is 22.0 Å². The Labute approximate surface area is 188 Å². The minimum atomic E-state index is -3.71. The van der Waals surface area contributed by atoms with E-state index >= 15 is 0 Å². The number of anilines is 1. The van der Waals surface area contributed by atoms with Gasteiger partial charge in [0, 0.05) is 32.1 Å². The van der Waals surface area contributed by atoms with Gasteiger partial charge >= 0.3 is 0 Å². The summed E-state index contributed by atoms with van der Waals surface area (Å²) in [6, 6.07) is 11.0. The summed E-state index contributed by atoms with van der Waals surface area (Å²) in [5.74, 6) is -2.37. The fourth-order valence-corrected chi connectivity index (χ4v) is 4.79. The van der Waals surface area contributed by atoms with E-state index in [2.05, 4.69) is 22.3 Å². The van der Waals surface area contributed by atoms with Gasteiger partial charge in [0.05, 0.1) is 11.9 Å². The van der Waals surface area contributed by atoms with E-state index in [-0.39, 0.29) is 31.0 Å². The molecule has 0 atom stereocenters. The lowest BCUT2D eigenvalue weighted by atomic mass is 10.1. The fourth-order valence-electron chi connectivity index (χ4n) is 3.84. The Hall–Kier alpha value is -2.52. The minimum Gasteiger partial charge on any atom is -0.352 e. The Morgan fingerprint density at radius 1 is 1.06 bits per heavy atom. The molecule has 0 aliphatic carbocycles. The van der Waals surface area contributed by atoms with Crippen LogP contribution in [0.25, 0.3) is 0 Å². The van der Waals surface area contributed by atoms with Gasteiger partial charge in [-0.25, -0.2) is 17.2 Å². The molecule has 2 aromatic carbocycles. The van der Waals surface area contributed by atoms with Gasteiger partial charge < -0.3 is 5.32 Å². The molecule has 9 heteroatoms. The molecule has 0 radical (unpaired) electrons. The molecule has 6 nitrogen and oxygen atoms in total. The number of hydrogen-bond donors (Lipinski definition) is 1. The molecule has 1 amide bonds. The number of likely N-dealkylation sites (tertiary alicyclic amines) is 1. The van der Waals surface area contributed by atoms with Crippen molar-refractivity contribution in [1.29, 1.82) is 0 Å². The van der Waals surface area contributed by atoms with Crippen LogP contribution in [0.2, 0.25) is 0 Å². The average molecular weight is 466 g/mol. The van der Waals surface area contributed by atoms with Gasteiger partial charge in [-0.2, -0.15) is 0 Å². The number of carbonyl (C=O) groups is 1. The summed E-state index contributed by atoms with van der Waals surface area (Å²) in [5.41, 5.74) is 2.25. The van der Waals surface area contributed by atoms with Crippen molar-refractivity contribution in [1.82, 2.24) is 10.2 Å². The Morgan fingerprint density at radius 2 is 1.78 bits per heavy atom. The van der Waals surface area contributed by atoms with Crippen LogP contribution >= 0.6 is 0 Å². The Kier molecular flexibility index (Phi) is 8.20. The molecule has 1 aliphatic rings. The summed E-state index contributed by atoms with van der Waals surface area (Å²) in [7, 11) is -3.71. The molecule has 1 saturated heterocycles. The van der Waals surface area contributed by atoms with Crippen LogP contribution in [0.4, 0.5) is 14.5 Å². The highest BCUT2D eigenvalue weighted by Gasteiger charge is 2.19.